The average Bonchev–Trinajstić information content (AvgIpc) is 3.29. The Morgan fingerprint density at radius 1 is 0.422 bits per heavy atom. The second kappa shape index (κ2) is 54.0. The van der Waals surface area contributed by atoms with Crippen molar-refractivity contribution in [2.24, 2.45) is 0 Å². The monoisotopic (exact) mass is 902 g/mol. The van der Waals surface area contributed by atoms with Crippen LogP contribution in [-0.2, 0) is 14.3 Å². The molecule has 1 amide bonds. The zero-order valence-electron chi connectivity index (χ0n) is 43.0. The van der Waals surface area contributed by atoms with Crippen LogP contribution in [-0.4, -0.2) is 47.4 Å². The van der Waals surface area contributed by atoms with Crippen LogP contribution in [0.3, 0.4) is 0 Å². The van der Waals surface area contributed by atoms with Gasteiger partial charge in [0, 0.05) is 12.8 Å². The Bertz CT molecular complexity index is 997. The molecule has 0 fully saturated rings. The molecule has 64 heavy (non-hydrogen) atoms. The largest absolute Gasteiger partial charge is 0.466 e. The molecular formula is C58H111NO5. The average molecular weight is 903 g/mol. The van der Waals surface area contributed by atoms with Crippen LogP contribution in [0, 0.1) is 0 Å². The first-order chi connectivity index (χ1) is 31.5. The predicted molar refractivity (Wildman–Crippen MR) is 278 cm³/mol. The lowest BCUT2D eigenvalue weighted by molar-refractivity contribution is -0.143. The minimum Gasteiger partial charge on any atom is -0.466 e. The molecule has 2 atom stereocenters. The molecule has 0 rings (SSSR count). The number of unbranched alkanes of at least 4 members (excludes halogenated alkanes) is 40. The number of carbonyl (C=O) groups excluding carboxylic acids is 2. The molecule has 0 heterocycles. The Kier molecular flexibility index (Phi) is 52.6. The number of hydrogen-bond donors (Lipinski definition) is 3. The molecule has 0 aromatic heterocycles. The zero-order chi connectivity index (χ0) is 46.5. The van der Waals surface area contributed by atoms with E-state index in [0.29, 0.717) is 19.4 Å². The highest BCUT2D eigenvalue weighted by Crippen LogP contribution is 2.17. The molecule has 3 N–H and O–H groups in total. The summed E-state index contributed by atoms with van der Waals surface area (Å²) in [5.41, 5.74) is 0. The molecule has 0 bridgehead atoms. The van der Waals surface area contributed by atoms with E-state index < -0.39 is 12.1 Å². The summed E-state index contributed by atoms with van der Waals surface area (Å²) in [6.45, 7) is 4.87. The quantitative estimate of drug-likeness (QED) is 0.0321. The molecule has 0 aliphatic rings. The number of rotatable bonds is 53. The summed E-state index contributed by atoms with van der Waals surface area (Å²) in [5.74, 6) is -0.0747. The van der Waals surface area contributed by atoms with Gasteiger partial charge in [0.15, 0.2) is 0 Å². The van der Waals surface area contributed by atoms with E-state index in [1.54, 1.807) is 6.08 Å². The fourth-order valence-electron chi connectivity index (χ4n) is 8.79. The van der Waals surface area contributed by atoms with Crippen LogP contribution in [0.1, 0.15) is 309 Å². The van der Waals surface area contributed by atoms with E-state index in [4.69, 9.17) is 4.74 Å². The number of esters is 1. The van der Waals surface area contributed by atoms with Gasteiger partial charge in [-0.25, -0.2) is 0 Å². The van der Waals surface area contributed by atoms with Gasteiger partial charge in [-0.05, 0) is 51.4 Å². The van der Waals surface area contributed by atoms with E-state index in [0.717, 1.165) is 44.9 Å². The molecule has 6 nitrogen and oxygen atoms in total. The smallest absolute Gasteiger partial charge is 0.305 e. The van der Waals surface area contributed by atoms with Gasteiger partial charge < -0.3 is 20.3 Å². The van der Waals surface area contributed by atoms with E-state index >= 15 is 0 Å². The van der Waals surface area contributed by atoms with Crippen LogP contribution in [0.4, 0.5) is 0 Å². The molecular weight excluding hydrogens is 791 g/mol. The fourth-order valence-corrected chi connectivity index (χ4v) is 8.79. The third-order valence-corrected chi connectivity index (χ3v) is 13.2. The number of hydrogen-bond acceptors (Lipinski definition) is 5. The molecule has 0 aliphatic carbocycles. The molecule has 6 heteroatoms. The Morgan fingerprint density at radius 3 is 1.16 bits per heavy atom. The normalized spacial score (nSPS) is 12.8. The molecule has 0 saturated carbocycles. The van der Waals surface area contributed by atoms with Crippen molar-refractivity contribution in [3.05, 3.63) is 24.3 Å². The second-order valence-corrected chi connectivity index (χ2v) is 19.6. The Balaban J connectivity index is 3.45. The fraction of sp³-hybridized carbons (Fsp3) is 0.897. The zero-order valence-corrected chi connectivity index (χ0v) is 43.0. The maximum Gasteiger partial charge on any atom is 0.305 e. The number of carbonyl (C=O) groups is 2. The first-order valence-corrected chi connectivity index (χ1v) is 28.6. The van der Waals surface area contributed by atoms with Crippen molar-refractivity contribution in [2.45, 2.75) is 321 Å². The van der Waals surface area contributed by atoms with Gasteiger partial charge in [0.2, 0.25) is 5.91 Å². The summed E-state index contributed by atoms with van der Waals surface area (Å²) in [4.78, 5) is 24.4. The van der Waals surface area contributed by atoms with E-state index in [1.807, 2.05) is 6.08 Å². The van der Waals surface area contributed by atoms with E-state index in [1.165, 1.54) is 238 Å². The molecule has 0 saturated heterocycles. The highest BCUT2D eigenvalue weighted by molar-refractivity contribution is 5.76. The third-order valence-electron chi connectivity index (χ3n) is 13.2. The van der Waals surface area contributed by atoms with Crippen molar-refractivity contribution >= 4 is 11.9 Å². The van der Waals surface area contributed by atoms with E-state index in [9.17, 15) is 19.8 Å². The maximum atomic E-state index is 12.5. The number of nitrogens with one attached hydrogen (secondary N) is 1. The number of aliphatic hydroxyl groups excluding tert-OH is 2. The van der Waals surface area contributed by atoms with Crippen LogP contribution in [0.5, 0.6) is 0 Å². The van der Waals surface area contributed by atoms with Gasteiger partial charge >= 0.3 is 5.97 Å². The van der Waals surface area contributed by atoms with Gasteiger partial charge in [0.05, 0.1) is 25.4 Å². The van der Waals surface area contributed by atoms with Crippen molar-refractivity contribution in [2.75, 3.05) is 13.2 Å². The summed E-state index contributed by atoms with van der Waals surface area (Å²) >= 11 is 0. The van der Waals surface area contributed by atoms with Crippen molar-refractivity contribution in [1.29, 1.82) is 0 Å². The highest BCUT2D eigenvalue weighted by Gasteiger charge is 2.18. The summed E-state index contributed by atoms with van der Waals surface area (Å²) in [6.07, 6.45) is 64.8. The van der Waals surface area contributed by atoms with Crippen LogP contribution in [0.25, 0.3) is 0 Å². The summed E-state index contributed by atoms with van der Waals surface area (Å²) in [7, 11) is 0. The Hall–Kier alpha value is -1.66. The second-order valence-electron chi connectivity index (χ2n) is 19.6. The summed E-state index contributed by atoms with van der Waals surface area (Å²) < 4.78 is 5.45. The van der Waals surface area contributed by atoms with Gasteiger partial charge in [-0.15, -0.1) is 0 Å². The van der Waals surface area contributed by atoms with Crippen LogP contribution in [0.2, 0.25) is 0 Å². The van der Waals surface area contributed by atoms with Crippen LogP contribution >= 0.6 is 0 Å². The van der Waals surface area contributed by atoms with Crippen molar-refractivity contribution < 1.29 is 24.5 Å². The predicted octanol–water partition coefficient (Wildman–Crippen LogP) is 17.5. The molecule has 0 aromatic carbocycles. The van der Waals surface area contributed by atoms with Crippen molar-refractivity contribution in [3.8, 4) is 0 Å². The van der Waals surface area contributed by atoms with Crippen LogP contribution < -0.4 is 5.32 Å². The van der Waals surface area contributed by atoms with E-state index in [2.05, 4.69) is 31.3 Å². The van der Waals surface area contributed by atoms with Crippen molar-refractivity contribution in [3.63, 3.8) is 0 Å². The molecule has 378 valence electrons. The minimum absolute atomic E-state index is 0.00449. The third kappa shape index (κ3) is 49.8. The van der Waals surface area contributed by atoms with Gasteiger partial charge in [0.25, 0.3) is 0 Å². The number of allylic oxidation sites excluding steroid dienone is 3. The summed E-state index contributed by atoms with van der Waals surface area (Å²) in [5, 5.41) is 23.1. The molecule has 0 spiro atoms. The van der Waals surface area contributed by atoms with E-state index in [-0.39, 0.29) is 18.5 Å². The first kappa shape index (κ1) is 62.3. The van der Waals surface area contributed by atoms with Gasteiger partial charge in [0.1, 0.15) is 0 Å². The van der Waals surface area contributed by atoms with Gasteiger partial charge in [-0.1, -0.05) is 269 Å². The topological polar surface area (TPSA) is 95.9 Å². The Morgan fingerprint density at radius 2 is 0.750 bits per heavy atom. The number of aliphatic hydroxyl groups is 2. The summed E-state index contributed by atoms with van der Waals surface area (Å²) in [6, 6.07) is -0.631. The first-order valence-electron chi connectivity index (χ1n) is 28.6. The molecule has 2 unspecified atom stereocenters. The number of amides is 1. The standard InChI is InChI=1S/C58H111NO5/c1-3-5-7-9-11-13-15-16-17-18-21-24-27-31-34-38-42-46-50-56(61)55(54-60)59-57(62)51-47-43-39-35-32-28-25-22-19-20-23-26-29-33-37-41-45-49-53-64-58(63)52-48-44-40-36-30-14-12-10-8-6-4-2/h10,12,46,50,55-56,60-61H,3-9,11,13-45,47-49,51-54H2,1-2H3,(H,59,62)/b12-10-,50-46+. The maximum absolute atomic E-state index is 12.5. The molecule has 0 aliphatic heterocycles. The van der Waals surface area contributed by atoms with Crippen LogP contribution in [0.15, 0.2) is 24.3 Å². The SMILES string of the molecule is CCCC/C=C\CCCCCCCC(=O)OCCCCCCCCCCCCCCCCCCCCC(=O)NC(CO)C(O)/C=C/CCCCCCCCCCCCCCCCCC. The minimum atomic E-state index is -0.847. The highest BCUT2D eigenvalue weighted by atomic mass is 16.5. The Labute approximate surface area is 399 Å². The lowest BCUT2D eigenvalue weighted by Gasteiger charge is -2.20. The van der Waals surface area contributed by atoms with Gasteiger partial charge in [-0.2, -0.15) is 0 Å². The van der Waals surface area contributed by atoms with Crippen molar-refractivity contribution in [1.82, 2.24) is 5.32 Å². The molecule has 0 aromatic rings. The lowest BCUT2D eigenvalue weighted by atomic mass is 10.0. The molecule has 0 radical (unpaired) electrons. The lowest BCUT2D eigenvalue weighted by Crippen LogP contribution is -2.45. The van der Waals surface area contributed by atoms with Gasteiger partial charge in [-0.3, -0.25) is 9.59 Å². The number of ether oxygens (including phenoxy) is 1.